The molecule has 138 valence electrons. The van der Waals surface area contributed by atoms with Crippen LogP contribution < -0.4 is 10.1 Å². The van der Waals surface area contributed by atoms with Crippen LogP contribution in [0.1, 0.15) is 41.6 Å². The van der Waals surface area contributed by atoms with E-state index in [1.54, 1.807) is 18.2 Å². The Bertz CT molecular complexity index is 758. The molecule has 1 aliphatic rings. The van der Waals surface area contributed by atoms with Crippen LogP contribution in [0, 0.1) is 3.57 Å². The number of nitrogens with one attached hydrogen (secondary N) is 1. The van der Waals surface area contributed by atoms with Crippen LogP contribution in [0.5, 0.6) is 5.75 Å². The summed E-state index contributed by atoms with van der Waals surface area (Å²) in [5.41, 5.74) is 1.58. The smallest absolute Gasteiger partial charge is 0.251 e. The van der Waals surface area contributed by atoms with Gasteiger partial charge in [0.25, 0.3) is 5.91 Å². The first-order valence-electron chi connectivity index (χ1n) is 8.58. The van der Waals surface area contributed by atoms with E-state index in [0.29, 0.717) is 30.8 Å². The van der Waals surface area contributed by atoms with Gasteiger partial charge in [0.1, 0.15) is 12.4 Å². The van der Waals surface area contributed by atoms with Gasteiger partial charge in [-0.15, -0.1) is 0 Å². The zero-order chi connectivity index (χ0) is 18.6. The second kappa shape index (κ2) is 8.33. The maximum atomic E-state index is 13.2. The Morgan fingerprint density at radius 2 is 1.85 bits per heavy atom. The summed E-state index contributed by atoms with van der Waals surface area (Å²) >= 11 is 2.13. The number of halogens is 3. The molecule has 0 atom stereocenters. The van der Waals surface area contributed by atoms with E-state index in [1.807, 2.05) is 30.3 Å². The highest BCUT2D eigenvalue weighted by molar-refractivity contribution is 14.1. The molecule has 2 aromatic rings. The SMILES string of the molecule is O=C(NC1CCC(F)(F)CC1)c1ccc(OCc2ccccc2)c(I)c1. The third-order valence-corrected chi connectivity index (χ3v) is 5.33. The standard InChI is InChI=1S/C20H20F2INO2/c21-20(22)10-8-16(9-11-20)24-19(25)15-6-7-18(17(23)12-15)26-13-14-4-2-1-3-5-14/h1-7,12,16H,8-11,13H2,(H,24,25). The summed E-state index contributed by atoms with van der Waals surface area (Å²) < 4.78 is 33.0. The van der Waals surface area contributed by atoms with Gasteiger partial charge in [0, 0.05) is 24.4 Å². The van der Waals surface area contributed by atoms with E-state index in [2.05, 4.69) is 27.9 Å². The number of hydrogen-bond acceptors (Lipinski definition) is 2. The largest absolute Gasteiger partial charge is 0.488 e. The van der Waals surface area contributed by atoms with Crippen molar-refractivity contribution >= 4 is 28.5 Å². The van der Waals surface area contributed by atoms with E-state index >= 15 is 0 Å². The van der Waals surface area contributed by atoms with E-state index < -0.39 is 5.92 Å². The topological polar surface area (TPSA) is 38.3 Å². The van der Waals surface area contributed by atoms with Crippen LogP contribution in [-0.4, -0.2) is 17.9 Å². The molecule has 3 nitrogen and oxygen atoms in total. The van der Waals surface area contributed by atoms with Crippen molar-refractivity contribution in [3.8, 4) is 5.75 Å². The highest BCUT2D eigenvalue weighted by Gasteiger charge is 2.35. The molecule has 2 aromatic carbocycles. The van der Waals surface area contributed by atoms with Gasteiger partial charge in [-0.3, -0.25) is 4.79 Å². The summed E-state index contributed by atoms with van der Waals surface area (Å²) in [4.78, 5) is 12.4. The Morgan fingerprint density at radius 1 is 1.15 bits per heavy atom. The van der Waals surface area contributed by atoms with Crippen LogP contribution in [0.2, 0.25) is 0 Å². The Hall–Kier alpha value is -1.70. The fraction of sp³-hybridized carbons (Fsp3) is 0.350. The van der Waals surface area contributed by atoms with Crippen LogP contribution >= 0.6 is 22.6 Å². The highest BCUT2D eigenvalue weighted by Crippen LogP contribution is 2.33. The monoisotopic (exact) mass is 471 g/mol. The molecular weight excluding hydrogens is 451 g/mol. The lowest BCUT2D eigenvalue weighted by atomic mass is 9.92. The van der Waals surface area contributed by atoms with Gasteiger partial charge in [-0.1, -0.05) is 30.3 Å². The van der Waals surface area contributed by atoms with Crippen molar-refractivity contribution in [2.45, 2.75) is 44.3 Å². The first kappa shape index (κ1) is 19.1. The minimum Gasteiger partial charge on any atom is -0.488 e. The van der Waals surface area contributed by atoms with Gasteiger partial charge in [0.05, 0.1) is 3.57 Å². The van der Waals surface area contributed by atoms with Gasteiger partial charge in [-0.25, -0.2) is 8.78 Å². The van der Waals surface area contributed by atoms with E-state index in [-0.39, 0.29) is 24.8 Å². The first-order chi connectivity index (χ1) is 12.4. The number of carbonyl (C=O) groups excluding carboxylic acids is 1. The average molecular weight is 471 g/mol. The Balaban J connectivity index is 1.57. The lowest BCUT2D eigenvalue weighted by Crippen LogP contribution is -2.40. The molecule has 1 saturated carbocycles. The number of rotatable bonds is 5. The molecule has 0 bridgehead atoms. The molecule has 3 rings (SSSR count). The summed E-state index contributed by atoms with van der Waals surface area (Å²) in [5, 5.41) is 2.86. The van der Waals surface area contributed by atoms with Gasteiger partial charge in [0.15, 0.2) is 0 Å². The summed E-state index contributed by atoms with van der Waals surface area (Å²) in [7, 11) is 0. The molecule has 0 unspecified atom stereocenters. The number of ether oxygens (including phenoxy) is 1. The van der Waals surface area contributed by atoms with Crippen LogP contribution in [0.3, 0.4) is 0 Å². The van der Waals surface area contributed by atoms with Gasteiger partial charge in [-0.05, 0) is 59.2 Å². The quantitative estimate of drug-likeness (QED) is 0.611. The third kappa shape index (κ3) is 5.16. The Morgan fingerprint density at radius 3 is 2.50 bits per heavy atom. The number of alkyl halides is 2. The zero-order valence-corrected chi connectivity index (χ0v) is 16.3. The van der Waals surface area contributed by atoms with Crippen molar-refractivity contribution in [2.24, 2.45) is 0 Å². The second-order valence-corrected chi connectivity index (χ2v) is 7.69. The summed E-state index contributed by atoms with van der Waals surface area (Å²) in [6.07, 6.45) is 0.297. The first-order valence-corrected chi connectivity index (χ1v) is 9.66. The van der Waals surface area contributed by atoms with Crippen LogP contribution in [-0.2, 0) is 6.61 Å². The maximum absolute atomic E-state index is 13.2. The highest BCUT2D eigenvalue weighted by atomic mass is 127. The van der Waals surface area contributed by atoms with Gasteiger partial charge < -0.3 is 10.1 Å². The van der Waals surface area contributed by atoms with E-state index in [0.717, 1.165) is 9.13 Å². The predicted molar refractivity (Wildman–Crippen MR) is 105 cm³/mol. The molecule has 0 aliphatic heterocycles. The molecule has 0 heterocycles. The molecule has 0 spiro atoms. The average Bonchev–Trinajstić information content (AvgIpc) is 2.63. The van der Waals surface area contributed by atoms with Crippen molar-refractivity contribution < 1.29 is 18.3 Å². The molecule has 0 saturated heterocycles. The fourth-order valence-electron chi connectivity index (χ4n) is 2.95. The lowest BCUT2D eigenvalue weighted by Gasteiger charge is -2.28. The van der Waals surface area contributed by atoms with Crippen molar-refractivity contribution in [1.82, 2.24) is 5.32 Å². The molecule has 0 radical (unpaired) electrons. The lowest BCUT2D eigenvalue weighted by molar-refractivity contribution is -0.0399. The third-order valence-electron chi connectivity index (χ3n) is 4.48. The summed E-state index contributed by atoms with van der Waals surface area (Å²) in [6.45, 7) is 0.457. The maximum Gasteiger partial charge on any atom is 0.251 e. The molecule has 6 heteroatoms. The van der Waals surface area contributed by atoms with Crippen molar-refractivity contribution in [3.05, 3.63) is 63.2 Å². The van der Waals surface area contributed by atoms with Crippen LogP contribution in [0.25, 0.3) is 0 Å². The molecule has 1 N–H and O–H groups in total. The number of benzene rings is 2. The summed E-state index contributed by atoms with van der Waals surface area (Å²) in [5.74, 6) is -2.11. The molecule has 1 amide bonds. The fourth-order valence-corrected chi connectivity index (χ4v) is 3.62. The predicted octanol–water partition coefficient (Wildman–Crippen LogP) is 5.18. The summed E-state index contributed by atoms with van der Waals surface area (Å²) in [6, 6.07) is 14.9. The zero-order valence-electron chi connectivity index (χ0n) is 14.2. The van der Waals surface area contributed by atoms with Gasteiger partial charge in [0.2, 0.25) is 5.92 Å². The van der Waals surface area contributed by atoms with Crippen molar-refractivity contribution in [3.63, 3.8) is 0 Å². The Labute approximate surface area is 165 Å². The number of carbonyl (C=O) groups is 1. The molecule has 0 aromatic heterocycles. The van der Waals surface area contributed by atoms with E-state index in [9.17, 15) is 13.6 Å². The number of hydrogen-bond donors (Lipinski definition) is 1. The minimum atomic E-state index is -2.59. The normalized spacial score (nSPS) is 16.9. The van der Waals surface area contributed by atoms with Gasteiger partial charge >= 0.3 is 0 Å². The van der Waals surface area contributed by atoms with Gasteiger partial charge in [-0.2, -0.15) is 0 Å². The van der Waals surface area contributed by atoms with Crippen LogP contribution in [0.15, 0.2) is 48.5 Å². The van der Waals surface area contributed by atoms with Crippen molar-refractivity contribution in [2.75, 3.05) is 0 Å². The number of amides is 1. The van der Waals surface area contributed by atoms with E-state index in [4.69, 9.17) is 4.74 Å². The molecule has 1 aliphatic carbocycles. The van der Waals surface area contributed by atoms with Crippen LogP contribution in [0.4, 0.5) is 8.78 Å². The second-order valence-electron chi connectivity index (χ2n) is 6.52. The molecule has 1 fully saturated rings. The minimum absolute atomic E-state index is 0.165. The van der Waals surface area contributed by atoms with Crippen molar-refractivity contribution in [1.29, 1.82) is 0 Å². The molecule has 26 heavy (non-hydrogen) atoms. The van der Waals surface area contributed by atoms with E-state index in [1.165, 1.54) is 0 Å². The molecular formula is C20H20F2INO2. The Kier molecular flexibility index (Phi) is 6.11.